The van der Waals surface area contributed by atoms with Crippen LogP contribution >= 0.6 is 0 Å². The van der Waals surface area contributed by atoms with E-state index in [1.165, 1.54) is 121 Å². The zero-order chi connectivity index (χ0) is 30.1. The van der Waals surface area contributed by atoms with E-state index in [0.717, 1.165) is 32.5 Å². The summed E-state index contributed by atoms with van der Waals surface area (Å²) in [5.41, 5.74) is 1.26. The Balaban J connectivity index is 1.40. The van der Waals surface area contributed by atoms with E-state index in [9.17, 15) is 5.11 Å². The Morgan fingerprint density at radius 2 is 1.29 bits per heavy atom. The van der Waals surface area contributed by atoms with Crippen molar-refractivity contribution in [1.29, 1.82) is 0 Å². The predicted molar refractivity (Wildman–Crippen MR) is 178 cm³/mol. The van der Waals surface area contributed by atoms with Crippen LogP contribution in [0.2, 0.25) is 0 Å². The molecule has 1 aromatic carbocycles. The molecule has 4 heteroatoms. The molecule has 1 N–H and O–H groups in total. The van der Waals surface area contributed by atoms with Gasteiger partial charge in [0.15, 0.2) is 5.79 Å². The van der Waals surface area contributed by atoms with Gasteiger partial charge in [0.25, 0.3) is 0 Å². The fourth-order valence-electron chi connectivity index (χ4n) is 5.98. The van der Waals surface area contributed by atoms with Gasteiger partial charge in [0.05, 0.1) is 18.8 Å². The summed E-state index contributed by atoms with van der Waals surface area (Å²) >= 11 is 0. The molecular weight excluding hydrogens is 520 g/mol. The van der Waals surface area contributed by atoms with Crippen LogP contribution < -0.4 is 0 Å². The number of aliphatic hydroxyl groups excluding tert-OH is 1. The van der Waals surface area contributed by atoms with Crippen molar-refractivity contribution >= 4 is 0 Å². The summed E-state index contributed by atoms with van der Waals surface area (Å²) in [7, 11) is 0. The molecule has 1 aromatic rings. The number of benzene rings is 1. The highest BCUT2D eigenvalue weighted by Gasteiger charge is 2.39. The second kappa shape index (κ2) is 24.2. The van der Waals surface area contributed by atoms with Crippen LogP contribution in [0.3, 0.4) is 0 Å². The maximum Gasteiger partial charge on any atom is 0.164 e. The van der Waals surface area contributed by atoms with E-state index in [1.54, 1.807) is 0 Å². The quantitative estimate of drug-likeness (QED) is 0.0823. The largest absolute Gasteiger partial charge is 0.389 e. The Morgan fingerprint density at radius 1 is 0.738 bits per heavy atom. The van der Waals surface area contributed by atoms with Crippen molar-refractivity contribution in [2.24, 2.45) is 0 Å². The molecule has 1 fully saturated rings. The lowest BCUT2D eigenvalue weighted by Crippen LogP contribution is -2.21. The maximum absolute atomic E-state index is 10.5. The highest BCUT2D eigenvalue weighted by atomic mass is 16.7. The molecule has 0 unspecified atom stereocenters. The lowest BCUT2D eigenvalue weighted by atomic mass is 10.0. The first kappa shape index (κ1) is 37.0. The van der Waals surface area contributed by atoms with Crippen LogP contribution in [0.1, 0.15) is 161 Å². The summed E-state index contributed by atoms with van der Waals surface area (Å²) in [5, 5.41) is 10.5. The summed E-state index contributed by atoms with van der Waals surface area (Å²) in [4.78, 5) is 0. The summed E-state index contributed by atoms with van der Waals surface area (Å²) in [6.07, 6.45) is 30.2. The number of rotatable bonds is 27. The van der Waals surface area contributed by atoms with Crippen molar-refractivity contribution in [1.82, 2.24) is 0 Å². The summed E-state index contributed by atoms with van der Waals surface area (Å²) in [5.74, 6) is -0.539. The van der Waals surface area contributed by atoms with E-state index in [1.807, 2.05) is 26.0 Å². The third-order valence-corrected chi connectivity index (χ3v) is 8.49. The van der Waals surface area contributed by atoms with Crippen LogP contribution in [0.25, 0.3) is 0 Å². The SMILES string of the molecule is CCCCCCCCCC[C@@H]1OC(C)(C)O[C@H]1/C=C/[C@@H](O)CCCCCCCCCCCCCOCc1ccccc1. The summed E-state index contributed by atoms with van der Waals surface area (Å²) in [6, 6.07) is 10.4. The zero-order valence-corrected chi connectivity index (χ0v) is 27.7. The van der Waals surface area contributed by atoms with E-state index in [4.69, 9.17) is 14.2 Å². The highest BCUT2D eigenvalue weighted by Crippen LogP contribution is 2.32. The number of hydrogen-bond donors (Lipinski definition) is 1. The van der Waals surface area contributed by atoms with E-state index in [2.05, 4.69) is 37.3 Å². The molecule has 3 atom stereocenters. The van der Waals surface area contributed by atoms with Crippen molar-refractivity contribution in [3.05, 3.63) is 48.0 Å². The Hall–Kier alpha value is -1.20. The topological polar surface area (TPSA) is 47.9 Å². The van der Waals surface area contributed by atoms with E-state index >= 15 is 0 Å². The molecule has 1 aliphatic heterocycles. The molecule has 0 saturated carbocycles. The van der Waals surface area contributed by atoms with Gasteiger partial charge in [-0.15, -0.1) is 0 Å². The first-order valence-electron chi connectivity index (χ1n) is 17.8. The van der Waals surface area contributed by atoms with Crippen molar-refractivity contribution < 1.29 is 19.3 Å². The summed E-state index contributed by atoms with van der Waals surface area (Å²) in [6.45, 7) is 7.89. The van der Waals surface area contributed by atoms with Crippen molar-refractivity contribution in [2.45, 2.75) is 186 Å². The first-order chi connectivity index (χ1) is 20.5. The molecular formula is C38H66O4. The second-order valence-electron chi connectivity index (χ2n) is 13.1. The van der Waals surface area contributed by atoms with E-state index in [0.29, 0.717) is 0 Å². The lowest BCUT2D eigenvalue weighted by Gasteiger charge is -2.16. The molecule has 0 aliphatic carbocycles. The number of hydrogen-bond acceptors (Lipinski definition) is 4. The molecule has 0 radical (unpaired) electrons. The minimum Gasteiger partial charge on any atom is -0.389 e. The van der Waals surface area contributed by atoms with Crippen molar-refractivity contribution in [2.75, 3.05) is 6.61 Å². The monoisotopic (exact) mass is 586 g/mol. The van der Waals surface area contributed by atoms with Crippen LogP contribution in [0.15, 0.2) is 42.5 Å². The van der Waals surface area contributed by atoms with Gasteiger partial charge in [0.2, 0.25) is 0 Å². The minimum atomic E-state index is -0.539. The highest BCUT2D eigenvalue weighted by molar-refractivity contribution is 5.13. The molecule has 42 heavy (non-hydrogen) atoms. The van der Waals surface area contributed by atoms with Gasteiger partial charge in [-0.1, -0.05) is 165 Å². The van der Waals surface area contributed by atoms with Crippen LogP contribution in [-0.2, 0) is 20.8 Å². The fourth-order valence-corrected chi connectivity index (χ4v) is 5.98. The molecule has 4 nitrogen and oxygen atoms in total. The first-order valence-corrected chi connectivity index (χ1v) is 17.8. The number of ether oxygens (including phenoxy) is 3. The molecule has 2 rings (SSSR count). The van der Waals surface area contributed by atoms with Gasteiger partial charge >= 0.3 is 0 Å². The van der Waals surface area contributed by atoms with Crippen LogP contribution in [0.5, 0.6) is 0 Å². The number of unbranched alkanes of at least 4 members (excludes halogenated alkanes) is 17. The van der Waals surface area contributed by atoms with E-state index in [-0.39, 0.29) is 18.3 Å². The van der Waals surface area contributed by atoms with Gasteiger partial charge in [-0.2, -0.15) is 0 Å². The molecule has 1 heterocycles. The standard InChI is InChI=1S/C38H66O4/c1-4-5-6-7-8-15-18-24-29-36-37(42-38(2,3)41-36)31-30-35(39)28-23-17-14-12-10-9-11-13-16-19-25-32-40-33-34-26-21-20-22-27-34/h20-22,26-27,30-31,35-37,39H,4-19,23-25,28-29,32-33H2,1-3H3/b31-30+/t35-,36-,37-/m0/s1. The molecule has 0 aromatic heterocycles. The second-order valence-corrected chi connectivity index (χ2v) is 13.1. The smallest absolute Gasteiger partial charge is 0.164 e. The number of aliphatic hydroxyl groups is 1. The molecule has 1 saturated heterocycles. The Morgan fingerprint density at radius 3 is 1.90 bits per heavy atom. The van der Waals surface area contributed by atoms with Gasteiger partial charge in [0, 0.05) is 6.61 Å². The molecule has 1 aliphatic rings. The zero-order valence-electron chi connectivity index (χ0n) is 27.7. The lowest BCUT2D eigenvalue weighted by molar-refractivity contribution is -0.143. The average Bonchev–Trinajstić information content (AvgIpc) is 3.28. The molecule has 0 bridgehead atoms. The third-order valence-electron chi connectivity index (χ3n) is 8.49. The van der Waals surface area contributed by atoms with Gasteiger partial charge in [0.1, 0.15) is 6.10 Å². The Bertz CT molecular complexity index is 762. The fraction of sp³-hybridized carbons (Fsp3) is 0.789. The van der Waals surface area contributed by atoms with Gasteiger partial charge in [-0.05, 0) is 38.7 Å². The van der Waals surface area contributed by atoms with Crippen LogP contribution in [-0.4, -0.2) is 35.8 Å². The maximum atomic E-state index is 10.5. The molecule has 0 spiro atoms. The molecule has 242 valence electrons. The van der Waals surface area contributed by atoms with Gasteiger partial charge < -0.3 is 19.3 Å². The van der Waals surface area contributed by atoms with Crippen LogP contribution in [0, 0.1) is 0 Å². The Kier molecular flexibility index (Phi) is 21.3. The summed E-state index contributed by atoms with van der Waals surface area (Å²) < 4.78 is 18.1. The average molecular weight is 587 g/mol. The third kappa shape index (κ3) is 19.2. The van der Waals surface area contributed by atoms with E-state index < -0.39 is 5.79 Å². The van der Waals surface area contributed by atoms with Crippen LogP contribution in [0.4, 0.5) is 0 Å². The van der Waals surface area contributed by atoms with Gasteiger partial charge in [-0.25, -0.2) is 0 Å². The molecule has 0 amide bonds. The van der Waals surface area contributed by atoms with Crippen molar-refractivity contribution in [3.8, 4) is 0 Å². The minimum absolute atomic E-state index is 0.0489. The Labute approximate surface area is 260 Å². The normalized spacial score (nSPS) is 19.1. The predicted octanol–water partition coefficient (Wildman–Crippen LogP) is 10.9. The van der Waals surface area contributed by atoms with Crippen molar-refractivity contribution in [3.63, 3.8) is 0 Å². The van der Waals surface area contributed by atoms with Gasteiger partial charge in [-0.3, -0.25) is 0 Å².